The maximum absolute atomic E-state index is 12.9. The summed E-state index contributed by atoms with van der Waals surface area (Å²) in [4.78, 5) is 14.7. The van der Waals surface area contributed by atoms with Gasteiger partial charge in [0.25, 0.3) is 5.91 Å². The second kappa shape index (κ2) is 8.01. The molecule has 0 spiro atoms. The number of rotatable bonds is 5. The average molecular weight is 343 g/mol. The van der Waals surface area contributed by atoms with Crippen molar-refractivity contribution in [3.8, 4) is 11.5 Å². The SMILES string of the molecule is COc1ccccc1C(=O)N1CCCC(COc2ccc(F)cc2)C1. The third-order valence-corrected chi connectivity index (χ3v) is 4.44. The highest BCUT2D eigenvalue weighted by Crippen LogP contribution is 2.24. The van der Waals surface area contributed by atoms with Gasteiger partial charge in [0.2, 0.25) is 0 Å². The minimum Gasteiger partial charge on any atom is -0.496 e. The predicted octanol–water partition coefficient (Wildman–Crippen LogP) is 3.77. The summed E-state index contributed by atoms with van der Waals surface area (Å²) in [6.45, 7) is 1.91. The number of methoxy groups -OCH3 is 1. The van der Waals surface area contributed by atoms with Crippen molar-refractivity contribution in [3.05, 3.63) is 59.9 Å². The van der Waals surface area contributed by atoms with Gasteiger partial charge in [0.05, 0.1) is 19.3 Å². The van der Waals surface area contributed by atoms with E-state index in [1.807, 2.05) is 17.0 Å². The number of amides is 1. The van der Waals surface area contributed by atoms with Crippen molar-refractivity contribution >= 4 is 5.91 Å². The fraction of sp³-hybridized carbons (Fsp3) is 0.350. The van der Waals surface area contributed by atoms with E-state index in [0.717, 1.165) is 19.4 Å². The van der Waals surface area contributed by atoms with Gasteiger partial charge in [0.15, 0.2) is 0 Å². The summed E-state index contributed by atoms with van der Waals surface area (Å²) in [5, 5.41) is 0. The van der Waals surface area contributed by atoms with Crippen LogP contribution in [0.4, 0.5) is 4.39 Å². The molecule has 0 aliphatic carbocycles. The standard InChI is InChI=1S/C20H22FNO3/c1-24-19-7-3-2-6-18(19)20(23)22-12-4-5-15(13-22)14-25-17-10-8-16(21)9-11-17/h2-3,6-11,15H,4-5,12-14H2,1H3. The van der Waals surface area contributed by atoms with Crippen molar-refractivity contribution in [2.45, 2.75) is 12.8 Å². The van der Waals surface area contributed by atoms with Gasteiger partial charge in [0.1, 0.15) is 17.3 Å². The maximum Gasteiger partial charge on any atom is 0.257 e. The van der Waals surface area contributed by atoms with Gasteiger partial charge in [-0.05, 0) is 49.2 Å². The van der Waals surface area contributed by atoms with E-state index in [1.165, 1.54) is 12.1 Å². The topological polar surface area (TPSA) is 38.8 Å². The summed E-state index contributed by atoms with van der Waals surface area (Å²) in [6, 6.07) is 13.3. The molecule has 1 unspecified atom stereocenters. The minimum atomic E-state index is -0.279. The number of halogens is 1. The van der Waals surface area contributed by atoms with Gasteiger partial charge >= 0.3 is 0 Å². The largest absolute Gasteiger partial charge is 0.496 e. The Morgan fingerprint density at radius 1 is 1.20 bits per heavy atom. The molecule has 2 aromatic rings. The van der Waals surface area contributed by atoms with E-state index in [4.69, 9.17) is 9.47 Å². The predicted molar refractivity (Wildman–Crippen MR) is 93.5 cm³/mol. The molecule has 1 aliphatic rings. The molecule has 0 aromatic heterocycles. The lowest BCUT2D eigenvalue weighted by Gasteiger charge is -2.33. The molecule has 1 heterocycles. The Kier molecular flexibility index (Phi) is 5.53. The molecule has 132 valence electrons. The number of ether oxygens (including phenoxy) is 2. The minimum absolute atomic E-state index is 0.0102. The molecule has 1 fully saturated rings. The van der Waals surface area contributed by atoms with Crippen molar-refractivity contribution in [2.75, 3.05) is 26.8 Å². The number of likely N-dealkylation sites (tertiary alicyclic amines) is 1. The van der Waals surface area contributed by atoms with E-state index in [1.54, 1.807) is 31.4 Å². The van der Waals surface area contributed by atoms with E-state index in [9.17, 15) is 9.18 Å². The number of carbonyl (C=O) groups is 1. The molecule has 1 atom stereocenters. The number of para-hydroxylation sites is 1. The van der Waals surface area contributed by atoms with Gasteiger partial charge < -0.3 is 14.4 Å². The lowest BCUT2D eigenvalue weighted by atomic mass is 9.98. The molecule has 5 heteroatoms. The quantitative estimate of drug-likeness (QED) is 0.830. The Hall–Kier alpha value is -2.56. The Bertz CT molecular complexity index is 717. The summed E-state index contributed by atoms with van der Waals surface area (Å²) >= 11 is 0. The first-order valence-electron chi connectivity index (χ1n) is 8.48. The molecule has 4 nitrogen and oxygen atoms in total. The number of carbonyl (C=O) groups excluding carboxylic acids is 1. The van der Waals surface area contributed by atoms with Gasteiger partial charge in [-0.25, -0.2) is 4.39 Å². The van der Waals surface area contributed by atoms with E-state index < -0.39 is 0 Å². The van der Waals surface area contributed by atoms with Gasteiger partial charge in [-0.15, -0.1) is 0 Å². The molecule has 1 saturated heterocycles. The van der Waals surface area contributed by atoms with Crippen molar-refractivity contribution < 1.29 is 18.7 Å². The third kappa shape index (κ3) is 4.29. The molecule has 0 N–H and O–H groups in total. The van der Waals surface area contributed by atoms with Crippen molar-refractivity contribution in [2.24, 2.45) is 5.92 Å². The van der Waals surface area contributed by atoms with E-state index in [-0.39, 0.29) is 17.6 Å². The Balaban J connectivity index is 1.60. The second-order valence-electron chi connectivity index (χ2n) is 6.22. The fourth-order valence-corrected chi connectivity index (χ4v) is 3.12. The van der Waals surface area contributed by atoms with Crippen LogP contribution in [0.3, 0.4) is 0 Å². The molecule has 3 rings (SSSR count). The van der Waals surface area contributed by atoms with Crippen LogP contribution in [0.1, 0.15) is 23.2 Å². The number of benzene rings is 2. The normalized spacial score (nSPS) is 17.2. The second-order valence-corrected chi connectivity index (χ2v) is 6.22. The summed E-state index contributed by atoms with van der Waals surface area (Å²) in [5.74, 6) is 1.21. The highest BCUT2D eigenvalue weighted by molar-refractivity contribution is 5.97. The van der Waals surface area contributed by atoms with Gasteiger partial charge in [-0.2, -0.15) is 0 Å². The molecule has 1 amide bonds. The average Bonchev–Trinajstić information content (AvgIpc) is 2.67. The molecular weight excluding hydrogens is 321 g/mol. The van der Waals surface area contributed by atoms with Gasteiger partial charge in [-0.1, -0.05) is 12.1 Å². The molecule has 0 saturated carbocycles. The van der Waals surface area contributed by atoms with E-state index >= 15 is 0 Å². The zero-order chi connectivity index (χ0) is 17.6. The van der Waals surface area contributed by atoms with Gasteiger partial charge in [-0.3, -0.25) is 4.79 Å². The smallest absolute Gasteiger partial charge is 0.257 e. The van der Waals surface area contributed by atoms with E-state index in [0.29, 0.717) is 30.2 Å². The first-order chi connectivity index (χ1) is 12.2. The van der Waals surface area contributed by atoms with Crippen LogP contribution in [0.2, 0.25) is 0 Å². The maximum atomic E-state index is 12.9. The number of piperidine rings is 1. The summed E-state index contributed by atoms with van der Waals surface area (Å²) in [5.41, 5.74) is 0.588. The summed E-state index contributed by atoms with van der Waals surface area (Å²) in [7, 11) is 1.57. The highest BCUT2D eigenvalue weighted by Gasteiger charge is 2.26. The zero-order valence-corrected chi connectivity index (χ0v) is 14.3. The van der Waals surface area contributed by atoms with Crippen LogP contribution >= 0.6 is 0 Å². The van der Waals surface area contributed by atoms with Crippen LogP contribution in [0.15, 0.2) is 48.5 Å². The Morgan fingerprint density at radius 3 is 2.72 bits per heavy atom. The van der Waals surface area contributed by atoms with Crippen LogP contribution in [-0.4, -0.2) is 37.6 Å². The molecule has 2 aromatic carbocycles. The van der Waals surface area contributed by atoms with Crippen LogP contribution in [0.5, 0.6) is 11.5 Å². The number of hydrogen-bond donors (Lipinski definition) is 0. The van der Waals surface area contributed by atoms with Crippen molar-refractivity contribution in [3.63, 3.8) is 0 Å². The summed E-state index contributed by atoms with van der Waals surface area (Å²) in [6.07, 6.45) is 1.95. The molecule has 1 aliphatic heterocycles. The lowest BCUT2D eigenvalue weighted by Crippen LogP contribution is -2.41. The van der Waals surface area contributed by atoms with Gasteiger partial charge in [0, 0.05) is 19.0 Å². The van der Waals surface area contributed by atoms with Crippen LogP contribution < -0.4 is 9.47 Å². The molecule has 25 heavy (non-hydrogen) atoms. The van der Waals surface area contributed by atoms with Crippen molar-refractivity contribution in [1.29, 1.82) is 0 Å². The Labute approximate surface area is 147 Å². The Morgan fingerprint density at radius 2 is 1.96 bits per heavy atom. The number of hydrogen-bond acceptors (Lipinski definition) is 3. The van der Waals surface area contributed by atoms with E-state index in [2.05, 4.69) is 0 Å². The zero-order valence-electron chi connectivity index (χ0n) is 14.3. The third-order valence-electron chi connectivity index (χ3n) is 4.44. The van der Waals surface area contributed by atoms with Crippen LogP contribution in [-0.2, 0) is 0 Å². The highest BCUT2D eigenvalue weighted by atomic mass is 19.1. The molecule has 0 bridgehead atoms. The lowest BCUT2D eigenvalue weighted by molar-refractivity contribution is 0.0630. The monoisotopic (exact) mass is 343 g/mol. The summed E-state index contributed by atoms with van der Waals surface area (Å²) < 4.78 is 24.0. The molecule has 0 radical (unpaired) electrons. The van der Waals surface area contributed by atoms with Crippen molar-refractivity contribution in [1.82, 2.24) is 4.90 Å². The first-order valence-corrected chi connectivity index (χ1v) is 8.48. The number of nitrogens with zero attached hydrogens (tertiary/aromatic N) is 1. The van der Waals surface area contributed by atoms with Crippen LogP contribution in [0.25, 0.3) is 0 Å². The molecular formula is C20H22FNO3. The fourth-order valence-electron chi connectivity index (χ4n) is 3.12. The first kappa shape index (κ1) is 17.3. The van der Waals surface area contributed by atoms with Crippen LogP contribution in [0, 0.1) is 11.7 Å².